The number of piperazine rings is 1. The van der Waals surface area contributed by atoms with E-state index in [1.807, 2.05) is 77.9 Å². The molecule has 2 aliphatic rings. The lowest BCUT2D eigenvalue weighted by molar-refractivity contribution is -0.136. The van der Waals surface area contributed by atoms with Crippen molar-refractivity contribution < 1.29 is 23.9 Å². The molecule has 2 N–H and O–H groups in total. The zero-order valence-electron chi connectivity index (χ0n) is 26.1. The molecule has 0 bridgehead atoms. The minimum Gasteiger partial charge on any atom is -0.497 e. The summed E-state index contributed by atoms with van der Waals surface area (Å²) in [4.78, 5) is 48.4. The summed E-state index contributed by atoms with van der Waals surface area (Å²) < 4.78 is 10.8. The SMILES string of the molecule is COc1ccc(C(=O)C2C(c3ccc(OC)cc3)C(C(=O)N3CCNCC3)N(C(=O)Nc3ccc(C)cc3)C2c2cccs2)cc1. The van der Waals surface area contributed by atoms with Crippen molar-refractivity contribution in [2.75, 3.05) is 45.7 Å². The van der Waals surface area contributed by atoms with Gasteiger partial charge in [-0.15, -0.1) is 11.3 Å². The molecule has 2 fully saturated rings. The van der Waals surface area contributed by atoms with Gasteiger partial charge in [0.25, 0.3) is 0 Å². The van der Waals surface area contributed by atoms with Crippen LogP contribution >= 0.6 is 11.3 Å². The molecule has 9 nitrogen and oxygen atoms in total. The molecule has 238 valence electrons. The Bertz CT molecular complexity index is 1650. The van der Waals surface area contributed by atoms with Crippen LogP contribution in [-0.2, 0) is 4.79 Å². The first-order chi connectivity index (χ1) is 22.4. The minimum absolute atomic E-state index is 0.148. The van der Waals surface area contributed by atoms with E-state index >= 15 is 0 Å². The first kappa shape index (κ1) is 31.3. The number of urea groups is 1. The molecule has 46 heavy (non-hydrogen) atoms. The molecule has 2 aliphatic heterocycles. The van der Waals surface area contributed by atoms with Gasteiger partial charge in [-0.3, -0.25) is 9.59 Å². The Hall–Kier alpha value is -4.67. The molecule has 0 spiro atoms. The summed E-state index contributed by atoms with van der Waals surface area (Å²) in [6, 6.07) is 23.8. The third-order valence-corrected chi connectivity index (χ3v) is 9.84. The third-order valence-electron chi connectivity index (χ3n) is 8.90. The summed E-state index contributed by atoms with van der Waals surface area (Å²) in [6.45, 7) is 4.32. The standard InChI is InChI=1S/C36H38N4O5S/c1-23-6-12-26(13-7-23)38-36(43)40-32(29-5-4-22-46-29)31(34(41)25-10-16-28(45-3)17-11-25)30(24-8-14-27(44-2)15-9-24)33(40)35(42)39-20-18-37-19-21-39/h4-17,22,30-33,37H,18-21H2,1-3H3,(H,38,43). The molecule has 4 atom stereocenters. The van der Waals surface area contributed by atoms with Crippen LogP contribution in [0.5, 0.6) is 11.5 Å². The van der Waals surface area contributed by atoms with E-state index in [9.17, 15) is 14.4 Å². The van der Waals surface area contributed by atoms with Gasteiger partial charge in [0.2, 0.25) is 5.91 Å². The molecule has 0 aliphatic carbocycles. The number of aryl methyl sites for hydroxylation is 1. The minimum atomic E-state index is -0.948. The molecule has 4 unspecified atom stereocenters. The molecule has 0 saturated carbocycles. The summed E-state index contributed by atoms with van der Waals surface area (Å²) in [5, 5.41) is 8.31. The van der Waals surface area contributed by atoms with Gasteiger partial charge < -0.3 is 29.9 Å². The predicted molar refractivity (Wildman–Crippen MR) is 179 cm³/mol. The number of hydrogen-bond acceptors (Lipinski definition) is 7. The number of carbonyl (C=O) groups is 3. The largest absolute Gasteiger partial charge is 0.497 e. The first-order valence-electron chi connectivity index (χ1n) is 15.4. The number of thiophene rings is 1. The highest BCUT2D eigenvalue weighted by molar-refractivity contribution is 7.10. The van der Waals surface area contributed by atoms with Gasteiger partial charge in [0.1, 0.15) is 17.5 Å². The fourth-order valence-corrected chi connectivity index (χ4v) is 7.45. The second kappa shape index (κ2) is 13.8. The summed E-state index contributed by atoms with van der Waals surface area (Å²) in [7, 11) is 3.18. The number of nitrogens with one attached hydrogen (secondary N) is 2. The summed E-state index contributed by atoms with van der Waals surface area (Å²) >= 11 is 1.48. The van der Waals surface area contributed by atoms with Crippen LogP contribution in [-0.4, -0.2) is 74.0 Å². The zero-order chi connectivity index (χ0) is 32.2. The van der Waals surface area contributed by atoms with Crippen molar-refractivity contribution >= 4 is 34.7 Å². The van der Waals surface area contributed by atoms with Crippen LogP contribution in [0.4, 0.5) is 10.5 Å². The molecule has 10 heteroatoms. The first-order valence-corrected chi connectivity index (χ1v) is 16.3. The maximum absolute atomic E-state index is 14.8. The molecular formula is C36H38N4O5S. The maximum Gasteiger partial charge on any atom is 0.323 e. The normalized spacial score (nSPS) is 21.1. The zero-order valence-corrected chi connectivity index (χ0v) is 27.0. The average Bonchev–Trinajstić information content (AvgIpc) is 3.76. The number of ketones is 1. The highest BCUT2D eigenvalue weighted by atomic mass is 32.1. The topological polar surface area (TPSA) is 100 Å². The maximum atomic E-state index is 14.8. The molecule has 4 aromatic rings. The van der Waals surface area contributed by atoms with E-state index in [0.717, 1.165) is 16.0 Å². The van der Waals surface area contributed by atoms with E-state index in [1.165, 1.54) is 11.3 Å². The van der Waals surface area contributed by atoms with Gasteiger partial charge in [-0.25, -0.2) is 4.79 Å². The Labute approximate surface area is 273 Å². The Morgan fingerprint density at radius 2 is 1.48 bits per heavy atom. The molecule has 3 amide bonds. The van der Waals surface area contributed by atoms with Crippen LogP contribution in [0.15, 0.2) is 90.3 Å². The number of ether oxygens (including phenoxy) is 2. The van der Waals surface area contributed by atoms with Crippen LogP contribution < -0.4 is 20.1 Å². The van der Waals surface area contributed by atoms with E-state index < -0.39 is 30.0 Å². The molecule has 3 heterocycles. The summed E-state index contributed by atoms with van der Waals surface area (Å²) in [6.07, 6.45) is 0. The second-order valence-corrected chi connectivity index (χ2v) is 12.6. The van der Waals surface area contributed by atoms with E-state index in [0.29, 0.717) is 48.9 Å². The van der Waals surface area contributed by atoms with Crippen LogP contribution in [0.25, 0.3) is 0 Å². The van der Waals surface area contributed by atoms with Crippen molar-refractivity contribution in [3.63, 3.8) is 0 Å². The summed E-state index contributed by atoms with van der Waals surface area (Å²) in [5.74, 6) is -0.428. The summed E-state index contributed by atoms with van der Waals surface area (Å²) in [5.41, 5.74) is 2.94. The third kappa shape index (κ3) is 6.23. The number of Topliss-reactive ketones (excluding diaryl/α,β-unsaturated/α-hetero) is 1. The predicted octanol–water partition coefficient (Wildman–Crippen LogP) is 5.75. The lowest BCUT2D eigenvalue weighted by Gasteiger charge is -2.36. The van der Waals surface area contributed by atoms with E-state index in [2.05, 4.69) is 10.6 Å². The monoisotopic (exact) mass is 638 g/mol. The van der Waals surface area contributed by atoms with Gasteiger partial charge in [0.05, 0.1) is 26.2 Å². The molecule has 2 saturated heterocycles. The Balaban J connectivity index is 1.54. The van der Waals surface area contributed by atoms with Crippen molar-refractivity contribution in [2.45, 2.75) is 24.9 Å². The number of carbonyl (C=O) groups excluding carboxylic acids is 3. The van der Waals surface area contributed by atoms with Gasteiger partial charge >= 0.3 is 6.03 Å². The fourth-order valence-electron chi connectivity index (χ4n) is 6.58. The van der Waals surface area contributed by atoms with Crippen molar-refractivity contribution in [3.8, 4) is 11.5 Å². The van der Waals surface area contributed by atoms with Gasteiger partial charge in [-0.05, 0) is 72.5 Å². The van der Waals surface area contributed by atoms with Crippen molar-refractivity contribution in [1.29, 1.82) is 0 Å². The number of methoxy groups -OCH3 is 2. The number of anilines is 1. The number of likely N-dealkylation sites (tertiary alicyclic amines) is 1. The molecule has 3 aromatic carbocycles. The van der Waals surface area contributed by atoms with E-state index in [1.54, 1.807) is 43.4 Å². The second-order valence-electron chi connectivity index (χ2n) is 11.6. The number of nitrogens with zero attached hydrogens (tertiary/aromatic N) is 2. The van der Waals surface area contributed by atoms with Gasteiger partial charge in [-0.2, -0.15) is 0 Å². The highest BCUT2D eigenvalue weighted by Crippen LogP contribution is 2.53. The Morgan fingerprint density at radius 1 is 0.848 bits per heavy atom. The van der Waals surface area contributed by atoms with E-state index in [-0.39, 0.29) is 11.7 Å². The smallest absolute Gasteiger partial charge is 0.323 e. The lowest BCUT2D eigenvalue weighted by Crippen LogP contribution is -2.55. The quantitative estimate of drug-likeness (QED) is 0.239. The van der Waals surface area contributed by atoms with Gasteiger partial charge in [0.15, 0.2) is 5.78 Å². The van der Waals surface area contributed by atoms with E-state index in [4.69, 9.17) is 9.47 Å². The molecule has 1 aromatic heterocycles. The molecular weight excluding hydrogens is 600 g/mol. The number of benzene rings is 3. The van der Waals surface area contributed by atoms with Crippen LogP contribution in [0.1, 0.15) is 38.3 Å². The van der Waals surface area contributed by atoms with Gasteiger partial charge in [-0.1, -0.05) is 35.9 Å². The average molecular weight is 639 g/mol. The Kier molecular flexibility index (Phi) is 9.37. The van der Waals surface area contributed by atoms with Crippen molar-refractivity contribution in [1.82, 2.24) is 15.1 Å². The molecule has 6 rings (SSSR count). The van der Waals surface area contributed by atoms with Crippen LogP contribution in [0.2, 0.25) is 0 Å². The number of rotatable bonds is 8. The van der Waals surface area contributed by atoms with Gasteiger partial charge in [0, 0.05) is 48.2 Å². The fraction of sp³-hybridized carbons (Fsp3) is 0.306. The number of amides is 3. The van der Waals surface area contributed by atoms with Crippen molar-refractivity contribution in [3.05, 3.63) is 112 Å². The lowest BCUT2D eigenvalue weighted by atomic mass is 9.77. The molecule has 0 radical (unpaired) electrons. The highest BCUT2D eigenvalue weighted by Gasteiger charge is 2.58. The number of hydrogen-bond donors (Lipinski definition) is 2. The van der Waals surface area contributed by atoms with Crippen LogP contribution in [0, 0.1) is 12.8 Å². The Morgan fingerprint density at radius 3 is 2.07 bits per heavy atom. The van der Waals surface area contributed by atoms with Crippen LogP contribution in [0.3, 0.4) is 0 Å². The van der Waals surface area contributed by atoms with Crippen molar-refractivity contribution in [2.24, 2.45) is 5.92 Å².